The maximum atomic E-state index is 11.3. The Kier molecular flexibility index (Phi) is 3.82. The van der Waals surface area contributed by atoms with Crippen molar-refractivity contribution >= 4 is 5.97 Å². The maximum absolute atomic E-state index is 11.3. The molecule has 2 fully saturated rings. The summed E-state index contributed by atoms with van der Waals surface area (Å²) in [5.41, 5.74) is 0. The van der Waals surface area contributed by atoms with E-state index in [1.165, 1.54) is 0 Å². The molecule has 2 saturated heterocycles. The summed E-state index contributed by atoms with van der Waals surface area (Å²) in [5, 5.41) is 9.28. The van der Waals surface area contributed by atoms with Gasteiger partial charge in [0.1, 0.15) is 0 Å². The number of carboxylic acids is 1. The summed E-state index contributed by atoms with van der Waals surface area (Å²) < 4.78 is 5.35. The first-order valence-corrected chi connectivity index (χ1v) is 6.17. The van der Waals surface area contributed by atoms with Crippen LogP contribution in [0.3, 0.4) is 0 Å². The van der Waals surface area contributed by atoms with Crippen LogP contribution in [0.15, 0.2) is 0 Å². The zero-order chi connectivity index (χ0) is 11.5. The number of likely N-dealkylation sites (tertiary alicyclic amines) is 1. The van der Waals surface area contributed by atoms with Gasteiger partial charge in [-0.15, -0.1) is 0 Å². The fourth-order valence-corrected chi connectivity index (χ4v) is 3.08. The number of hydrogen-bond acceptors (Lipinski definition) is 3. The van der Waals surface area contributed by atoms with Crippen LogP contribution in [-0.4, -0.2) is 49.3 Å². The van der Waals surface area contributed by atoms with Gasteiger partial charge in [0, 0.05) is 19.8 Å². The Morgan fingerprint density at radius 3 is 2.62 bits per heavy atom. The van der Waals surface area contributed by atoms with Crippen molar-refractivity contribution in [1.82, 2.24) is 4.90 Å². The molecule has 0 aromatic rings. The number of aliphatic carboxylic acids is 1. The summed E-state index contributed by atoms with van der Waals surface area (Å²) >= 11 is 0. The molecule has 0 aliphatic carbocycles. The molecule has 0 amide bonds. The minimum Gasteiger partial charge on any atom is -0.481 e. The van der Waals surface area contributed by atoms with E-state index in [1.807, 2.05) is 0 Å². The summed E-state index contributed by atoms with van der Waals surface area (Å²) in [7, 11) is 2.09. The Labute approximate surface area is 96.6 Å². The van der Waals surface area contributed by atoms with Gasteiger partial charge in [0.15, 0.2) is 0 Å². The monoisotopic (exact) mass is 227 g/mol. The predicted octanol–water partition coefficient (Wildman–Crippen LogP) is 1.07. The molecule has 1 N–H and O–H groups in total. The van der Waals surface area contributed by atoms with Gasteiger partial charge >= 0.3 is 5.97 Å². The second-order valence-corrected chi connectivity index (χ2v) is 5.11. The second kappa shape index (κ2) is 5.15. The van der Waals surface area contributed by atoms with E-state index in [4.69, 9.17) is 4.74 Å². The lowest BCUT2D eigenvalue weighted by atomic mass is 9.74. The first kappa shape index (κ1) is 11.9. The van der Waals surface area contributed by atoms with E-state index in [1.54, 1.807) is 0 Å². The molecule has 0 bridgehead atoms. The highest BCUT2D eigenvalue weighted by Gasteiger charge is 2.38. The highest BCUT2D eigenvalue weighted by atomic mass is 16.5. The van der Waals surface area contributed by atoms with E-state index in [2.05, 4.69) is 11.9 Å². The molecule has 2 aliphatic rings. The van der Waals surface area contributed by atoms with Crippen molar-refractivity contribution in [1.29, 1.82) is 0 Å². The van der Waals surface area contributed by atoms with Gasteiger partial charge in [-0.25, -0.2) is 0 Å². The predicted molar refractivity (Wildman–Crippen MR) is 60.3 cm³/mol. The van der Waals surface area contributed by atoms with E-state index < -0.39 is 5.97 Å². The Bertz CT molecular complexity index is 251. The van der Waals surface area contributed by atoms with E-state index in [0.29, 0.717) is 11.8 Å². The van der Waals surface area contributed by atoms with Gasteiger partial charge in [0.05, 0.1) is 5.92 Å². The quantitative estimate of drug-likeness (QED) is 0.766. The van der Waals surface area contributed by atoms with Crippen LogP contribution in [0.2, 0.25) is 0 Å². The van der Waals surface area contributed by atoms with Crippen LogP contribution in [0.1, 0.15) is 19.3 Å². The largest absolute Gasteiger partial charge is 0.481 e. The highest BCUT2D eigenvalue weighted by Crippen LogP contribution is 2.34. The first-order chi connectivity index (χ1) is 7.68. The lowest BCUT2D eigenvalue weighted by Gasteiger charge is -2.40. The Balaban J connectivity index is 2.03. The SMILES string of the molecule is CN1CCC(C(=O)O)C(C2CCOCC2)C1. The summed E-state index contributed by atoms with van der Waals surface area (Å²) in [6.45, 7) is 3.45. The number of rotatable bonds is 2. The van der Waals surface area contributed by atoms with Gasteiger partial charge in [-0.1, -0.05) is 0 Å². The molecule has 4 heteroatoms. The molecule has 2 aliphatic heterocycles. The van der Waals surface area contributed by atoms with Crippen molar-refractivity contribution in [3.05, 3.63) is 0 Å². The van der Waals surface area contributed by atoms with Crippen molar-refractivity contribution in [3.8, 4) is 0 Å². The van der Waals surface area contributed by atoms with Gasteiger partial charge in [0.2, 0.25) is 0 Å². The average molecular weight is 227 g/mol. The minimum atomic E-state index is -0.607. The second-order valence-electron chi connectivity index (χ2n) is 5.11. The molecule has 0 spiro atoms. The Morgan fingerprint density at radius 1 is 1.31 bits per heavy atom. The first-order valence-electron chi connectivity index (χ1n) is 6.17. The average Bonchev–Trinajstić information content (AvgIpc) is 2.29. The van der Waals surface area contributed by atoms with E-state index >= 15 is 0 Å². The molecule has 0 radical (unpaired) electrons. The molecule has 4 nitrogen and oxygen atoms in total. The normalized spacial score (nSPS) is 33.8. The van der Waals surface area contributed by atoms with Crippen molar-refractivity contribution < 1.29 is 14.6 Å². The summed E-state index contributed by atoms with van der Waals surface area (Å²) in [5.74, 6) is 0.113. The minimum absolute atomic E-state index is 0.140. The lowest BCUT2D eigenvalue weighted by Crippen LogP contribution is -2.45. The fraction of sp³-hybridized carbons (Fsp3) is 0.917. The standard InChI is InChI=1S/C12H21NO3/c1-13-5-2-10(12(14)15)11(8-13)9-3-6-16-7-4-9/h9-11H,2-8H2,1H3,(H,14,15). The number of hydrogen-bond donors (Lipinski definition) is 1. The van der Waals surface area contributed by atoms with Crippen LogP contribution < -0.4 is 0 Å². The molecule has 0 aromatic carbocycles. The molecular weight excluding hydrogens is 206 g/mol. The third-order valence-corrected chi connectivity index (χ3v) is 4.05. The highest BCUT2D eigenvalue weighted by molar-refractivity contribution is 5.70. The van der Waals surface area contributed by atoms with Gasteiger partial charge < -0.3 is 14.7 Å². The third-order valence-electron chi connectivity index (χ3n) is 4.05. The molecule has 2 unspecified atom stereocenters. The fourth-order valence-electron chi connectivity index (χ4n) is 3.08. The van der Waals surface area contributed by atoms with Crippen LogP contribution in [0.25, 0.3) is 0 Å². The summed E-state index contributed by atoms with van der Waals surface area (Å²) in [6.07, 6.45) is 2.86. The molecule has 2 heterocycles. The number of nitrogens with zero attached hydrogens (tertiary/aromatic N) is 1. The molecule has 2 atom stereocenters. The maximum Gasteiger partial charge on any atom is 0.306 e. The van der Waals surface area contributed by atoms with Crippen molar-refractivity contribution in [3.63, 3.8) is 0 Å². The smallest absolute Gasteiger partial charge is 0.306 e. The van der Waals surface area contributed by atoms with Crippen molar-refractivity contribution in [2.24, 2.45) is 17.8 Å². The van der Waals surface area contributed by atoms with E-state index in [9.17, 15) is 9.90 Å². The Hall–Kier alpha value is -0.610. The number of carbonyl (C=O) groups is 1. The van der Waals surface area contributed by atoms with Crippen LogP contribution in [0.5, 0.6) is 0 Å². The van der Waals surface area contributed by atoms with Crippen molar-refractivity contribution in [2.45, 2.75) is 19.3 Å². The third kappa shape index (κ3) is 2.55. The van der Waals surface area contributed by atoms with Gasteiger partial charge in [0.25, 0.3) is 0 Å². The lowest BCUT2D eigenvalue weighted by molar-refractivity contribution is -0.147. The molecule has 92 valence electrons. The molecule has 0 aromatic heterocycles. The van der Waals surface area contributed by atoms with Gasteiger partial charge in [-0.05, 0) is 44.7 Å². The van der Waals surface area contributed by atoms with Crippen molar-refractivity contribution in [2.75, 3.05) is 33.4 Å². The number of ether oxygens (including phenoxy) is 1. The molecule has 16 heavy (non-hydrogen) atoms. The number of carboxylic acid groups (broad SMARTS) is 1. The van der Waals surface area contributed by atoms with Crippen LogP contribution >= 0.6 is 0 Å². The van der Waals surface area contributed by atoms with E-state index in [0.717, 1.165) is 45.6 Å². The number of piperidine rings is 1. The zero-order valence-electron chi connectivity index (χ0n) is 9.89. The van der Waals surface area contributed by atoms with Gasteiger partial charge in [-0.2, -0.15) is 0 Å². The molecule has 0 saturated carbocycles. The Morgan fingerprint density at radius 2 is 2.00 bits per heavy atom. The van der Waals surface area contributed by atoms with Crippen LogP contribution in [-0.2, 0) is 9.53 Å². The van der Waals surface area contributed by atoms with Gasteiger partial charge in [-0.3, -0.25) is 4.79 Å². The summed E-state index contributed by atoms with van der Waals surface area (Å²) in [4.78, 5) is 13.5. The molecular formula is C12H21NO3. The summed E-state index contributed by atoms with van der Waals surface area (Å²) in [6, 6.07) is 0. The zero-order valence-corrected chi connectivity index (χ0v) is 9.89. The van der Waals surface area contributed by atoms with Crippen LogP contribution in [0.4, 0.5) is 0 Å². The van der Waals surface area contributed by atoms with E-state index in [-0.39, 0.29) is 5.92 Å². The topological polar surface area (TPSA) is 49.8 Å². The molecule has 2 rings (SSSR count). The van der Waals surface area contributed by atoms with Crippen LogP contribution in [0, 0.1) is 17.8 Å².